The van der Waals surface area contributed by atoms with Crippen LogP contribution in [0.2, 0.25) is 0 Å². The Morgan fingerprint density at radius 2 is 2.18 bits per heavy atom. The Morgan fingerprint density at radius 1 is 1.41 bits per heavy atom. The van der Waals surface area contributed by atoms with Crippen LogP contribution in [0.25, 0.3) is 0 Å². The van der Waals surface area contributed by atoms with Crippen molar-refractivity contribution in [1.82, 2.24) is 10.3 Å². The second-order valence-corrected chi connectivity index (χ2v) is 5.57. The molecule has 2 nitrogen and oxygen atoms in total. The molecule has 1 aromatic rings. The van der Waals surface area contributed by atoms with Crippen molar-refractivity contribution in [2.75, 3.05) is 11.5 Å². The third-order valence-electron chi connectivity index (χ3n) is 2.63. The number of nitrogens with zero attached hydrogens (tertiary/aromatic N) is 1. The van der Waals surface area contributed by atoms with Crippen LogP contribution < -0.4 is 5.32 Å². The zero-order valence-corrected chi connectivity index (χ0v) is 11.6. The first-order valence-corrected chi connectivity index (χ1v) is 7.24. The molecule has 2 unspecified atom stereocenters. The minimum absolute atomic E-state index is 0.164. The van der Waals surface area contributed by atoms with Crippen LogP contribution in [-0.4, -0.2) is 22.5 Å². The van der Waals surface area contributed by atoms with E-state index in [9.17, 15) is 4.39 Å². The maximum absolute atomic E-state index is 12.7. The fraction of sp³-hybridized carbons (Fsp3) is 0.615. The van der Waals surface area contributed by atoms with Crippen LogP contribution in [0.15, 0.2) is 18.3 Å². The standard InChI is InChI=1S/C13H21FN2S/c1-4-17-8-7-10(2)16-11(3)13-6-5-12(14)9-15-13/h5-6,9-11,16H,4,7-8H2,1-3H3. The Labute approximate surface area is 107 Å². The van der Waals surface area contributed by atoms with Crippen LogP contribution in [0.4, 0.5) is 4.39 Å². The highest BCUT2D eigenvalue weighted by Crippen LogP contribution is 2.12. The molecule has 0 aromatic carbocycles. The van der Waals surface area contributed by atoms with Crippen LogP contribution in [0, 0.1) is 5.82 Å². The maximum atomic E-state index is 12.7. The van der Waals surface area contributed by atoms with Gasteiger partial charge in [0.25, 0.3) is 0 Å². The van der Waals surface area contributed by atoms with Gasteiger partial charge in [-0.05, 0) is 43.9 Å². The van der Waals surface area contributed by atoms with Gasteiger partial charge < -0.3 is 5.32 Å². The van der Waals surface area contributed by atoms with Gasteiger partial charge in [-0.2, -0.15) is 11.8 Å². The van der Waals surface area contributed by atoms with Crippen molar-refractivity contribution in [2.24, 2.45) is 0 Å². The molecule has 0 aliphatic heterocycles. The van der Waals surface area contributed by atoms with E-state index in [0.717, 1.165) is 12.1 Å². The first-order chi connectivity index (χ1) is 8.13. The van der Waals surface area contributed by atoms with Crippen molar-refractivity contribution in [3.8, 4) is 0 Å². The van der Waals surface area contributed by atoms with E-state index in [1.807, 2.05) is 11.8 Å². The molecule has 0 amide bonds. The summed E-state index contributed by atoms with van der Waals surface area (Å²) in [6, 6.07) is 3.81. The Bertz CT molecular complexity index is 316. The third-order valence-corrected chi connectivity index (χ3v) is 3.56. The molecule has 0 fully saturated rings. The third kappa shape index (κ3) is 5.50. The zero-order valence-electron chi connectivity index (χ0n) is 10.7. The van der Waals surface area contributed by atoms with Crippen LogP contribution in [0.1, 0.15) is 38.9 Å². The van der Waals surface area contributed by atoms with Crippen LogP contribution >= 0.6 is 11.8 Å². The Hall–Kier alpha value is -0.610. The van der Waals surface area contributed by atoms with Gasteiger partial charge in [0.2, 0.25) is 0 Å². The molecule has 1 N–H and O–H groups in total. The van der Waals surface area contributed by atoms with Crippen LogP contribution in [0.3, 0.4) is 0 Å². The van der Waals surface area contributed by atoms with E-state index in [1.165, 1.54) is 23.8 Å². The molecule has 1 aromatic heterocycles. The van der Waals surface area contributed by atoms with Crippen molar-refractivity contribution < 1.29 is 4.39 Å². The van der Waals surface area contributed by atoms with Gasteiger partial charge in [0.1, 0.15) is 5.82 Å². The first kappa shape index (κ1) is 14.5. The van der Waals surface area contributed by atoms with E-state index in [4.69, 9.17) is 0 Å². The van der Waals surface area contributed by atoms with E-state index >= 15 is 0 Å². The molecular formula is C13H21FN2S. The molecule has 2 atom stereocenters. The molecule has 96 valence electrons. The highest BCUT2D eigenvalue weighted by atomic mass is 32.2. The van der Waals surface area contributed by atoms with E-state index in [1.54, 1.807) is 6.07 Å². The van der Waals surface area contributed by atoms with E-state index in [0.29, 0.717) is 6.04 Å². The van der Waals surface area contributed by atoms with Gasteiger partial charge in [0.05, 0.1) is 11.9 Å². The number of hydrogen-bond acceptors (Lipinski definition) is 3. The zero-order chi connectivity index (χ0) is 12.7. The van der Waals surface area contributed by atoms with Gasteiger partial charge in [-0.15, -0.1) is 0 Å². The molecule has 17 heavy (non-hydrogen) atoms. The summed E-state index contributed by atoms with van der Waals surface area (Å²) >= 11 is 1.96. The average molecular weight is 256 g/mol. The summed E-state index contributed by atoms with van der Waals surface area (Å²) in [6.45, 7) is 6.41. The normalized spacial score (nSPS) is 14.6. The molecule has 0 aliphatic rings. The molecule has 0 spiro atoms. The lowest BCUT2D eigenvalue weighted by atomic mass is 10.1. The van der Waals surface area contributed by atoms with Gasteiger partial charge in [-0.3, -0.25) is 4.98 Å². The van der Waals surface area contributed by atoms with Gasteiger partial charge in [-0.1, -0.05) is 6.92 Å². The quantitative estimate of drug-likeness (QED) is 0.757. The smallest absolute Gasteiger partial charge is 0.141 e. The number of thioether (sulfide) groups is 1. The summed E-state index contributed by atoms with van der Waals surface area (Å²) in [4.78, 5) is 4.08. The summed E-state index contributed by atoms with van der Waals surface area (Å²) in [5.41, 5.74) is 0.890. The lowest BCUT2D eigenvalue weighted by Crippen LogP contribution is -2.29. The van der Waals surface area contributed by atoms with Crippen molar-refractivity contribution in [3.63, 3.8) is 0 Å². The highest BCUT2D eigenvalue weighted by molar-refractivity contribution is 7.99. The fourth-order valence-corrected chi connectivity index (χ4v) is 2.45. The van der Waals surface area contributed by atoms with E-state index < -0.39 is 0 Å². The predicted molar refractivity (Wildman–Crippen MR) is 72.8 cm³/mol. The summed E-state index contributed by atoms with van der Waals surface area (Å²) in [5.74, 6) is 2.06. The van der Waals surface area contributed by atoms with Gasteiger partial charge in [-0.25, -0.2) is 4.39 Å². The molecule has 1 rings (SSSR count). The average Bonchev–Trinajstić information content (AvgIpc) is 2.30. The molecule has 4 heteroatoms. The molecule has 1 heterocycles. The second-order valence-electron chi connectivity index (χ2n) is 4.18. The molecule has 0 saturated heterocycles. The number of rotatable bonds is 7. The van der Waals surface area contributed by atoms with E-state index in [2.05, 4.69) is 31.1 Å². The minimum Gasteiger partial charge on any atom is -0.306 e. The highest BCUT2D eigenvalue weighted by Gasteiger charge is 2.10. The molecular weight excluding hydrogens is 235 g/mol. The number of pyridine rings is 1. The largest absolute Gasteiger partial charge is 0.306 e. The molecule has 0 bridgehead atoms. The Balaban J connectivity index is 2.37. The Morgan fingerprint density at radius 3 is 2.76 bits per heavy atom. The molecule has 0 saturated carbocycles. The van der Waals surface area contributed by atoms with Gasteiger partial charge in [0, 0.05) is 12.1 Å². The van der Waals surface area contributed by atoms with Crippen molar-refractivity contribution >= 4 is 11.8 Å². The number of nitrogens with one attached hydrogen (secondary N) is 1. The van der Waals surface area contributed by atoms with Gasteiger partial charge in [0.15, 0.2) is 0 Å². The van der Waals surface area contributed by atoms with Crippen molar-refractivity contribution in [2.45, 2.75) is 39.3 Å². The second kappa shape index (κ2) is 7.67. The first-order valence-electron chi connectivity index (χ1n) is 6.08. The molecule has 0 aliphatic carbocycles. The minimum atomic E-state index is -0.284. The predicted octanol–water partition coefficient (Wildman–Crippen LogP) is 3.40. The summed E-state index contributed by atoms with van der Waals surface area (Å²) in [6.07, 6.45) is 2.41. The summed E-state index contributed by atoms with van der Waals surface area (Å²) < 4.78 is 12.7. The van der Waals surface area contributed by atoms with Crippen molar-refractivity contribution in [3.05, 3.63) is 29.8 Å². The summed E-state index contributed by atoms with van der Waals surface area (Å²) in [5, 5.41) is 3.48. The Kier molecular flexibility index (Phi) is 6.52. The van der Waals surface area contributed by atoms with Crippen LogP contribution in [0.5, 0.6) is 0 Å². The lowest BCUT2D eigenvalue weighted by Gasteiger charge is -2.19. The SMILES string of the molecule is CCSCCC(C)NC(C)c1ccc(F)cn1. The number of halogens is 1. The fourth-order valence-electron chi connectivity index (χ4n) is 1.64. The topological polar surface area (TPSA) is 24.9 Å². The van der Waals surface area contributed by atoms with Gasteiger partial charge >= 0.3 is 0 Å². The maximum Gasteiger partial charge on any atom is 0.141 e. The number of aromatic nitrogens is 1. The lowest BCUT2D eigenvalue weighted by molar-refractivity contribution is 0.463. The van der Waals surface area contributed by atoms with Crippen LogP contribution in [-0.2, 0) is 0 Å². The number of hydrogen-bond donors (Lipinski definition) is 1. The van der Waals surface area contributed by atoms with Crippen molar-refractivity contribution in [1.29, 1.82) is 0 Å². The summed E-state index contributed by atoms with van der Waals surface area (Å²) in [7, 11) is 0. The monoisotopic (exact) mass is 256 g/mol. The van der Waals surface area contributed by atoms with E-state index in [-0.39, 0.29) is 11.9 Å². The molecule has 0 radical (unpaired) electrons.